The van der Waals surface area contributed by atoms with E-state index in [1.807, 2.05) is 54.0 Å². The number of halogens is 2. The zero-order valence-electron chi connectivity index (χ0n) is 23.3. The first kappa shape index (κ1) is 29.1. The molecule has 0 fully saturated rings. The molecule has 40 heavy (non-hydrogen) atoms. The second kappa shape index (κ2) is 12.5. The minimum atomic E-state index is -2.33. The largest absolute Gasteiger partial charge is 0.425 e. The highest BCUT2D eigenvalue weighted by Crippen LogP contribution is 2.31. The van der Waals surface area contributed by atoms with E-state index in [4.69, 9.17) is 9.73 Å². The number of alkyl halides is 2. The van der Waals surface area contributed by atoms with Crippen molar-refractivity contribution in [2.75, 3.05) is 6.54 Å². The molecule has 1 N–H and O–H groups in total. The van der Waals surface area contributed by atoms with Gasteiger partial charge >= 0.3 is 6.01 Å². The van der Waals surface area contributed by atoms with Crippen LogP contribution in [-0.2, 0) is 13.0 Å². The number of aliphatic imine (C=N–C) groups is 1. The predicted molar refractivity (Wildman–Crippen MR) is 156 cm³/mol. The van der Waals surface area contributed by atoms with Gasteiger partial charge in [-0.15, -0.1) is 0 Å². The minimum absolute atomic E-state index is 0.132. The summed E-state index contributed by atoms with van der Waals surface area (Å²) in [6, 6.07) is 11.6. The number of allylic oxidation sites excluding steroid dienone is 3. The van der Waals surface area contributed by atoms with Gasteiger partial charge in [0.1, 0.15) is 5.75 Å². The van der Waals surface area contributed by atoms with Gasteiger partial charge in [-0.1, -0.05) is 31.4 Å². The predicted octanol–water partition coefficient (Wildman–Crippen LogP) is 7.13. The van der Waals surface area contributed by atoms with E-state index in [9.17, 15) is 13.9 Å². The van der Waals surface area contributed by atoms with Crippen LogP contribution in [0, 0.1) is 5.92 Å². The molecule has 4 rings (SSSR count). The van der Waals surface area contributed by atoms with Gasteiger partial charge in [-0.05, 0) is 87.1 Å². The molecule has 1 aliphatic rings. The summed E-state index contributed by atoms with van der Waals surface area (Å²) in [5, 5.41) is 10.6. The maximum absolute atomic E-state index is 13.1. The first-order valence-corrected chi connectivity index (χ1v) is 13.4. The van der Waals surface area contributed by atoms with Gasteiger partial charge in [0.05, 0.1) is 34.9 Å². The molecule has 1 atom stereocenters. The Bertz CT molecular complexity index is 1420. The first-order chi connectivity index (χ1) is 19.1. The highest BCUT2D eigenvalue weighted by Gasteiger charge is 2.25. The number of hydrogen-bond donors (Lipinski definition) is 1. The van der Waals surface area contributed by atoms with Gasteiger partial charge in [0.25, 0.3) is 0 Å². The Morgan fingerprint density at radius 1 is 1.25 bits per heavy atom. The monoisotopic (exact) mass is 546 g/mol. The number of aliphatic hydroxyl groups is 1. The number of nitrogens with zero attached hydrogens (tertiary/aromatic N) is 4. The van der Waals surface area contributed by atoms with Crippen molar-refractivity contribution in [3.8, 4) is 11.8 Å². The number of imidazole rings is 1. The molecular formula is C32H36F2N4O2. The van der Waals surface area contributed by atoms with Crippen molar-refractivity contribution in [3.63, 3.8) is 0 Å². The van der Waals surface area contributed by atoms with E-state index < -0.39 is 12.0 Å². The molecule has 0 saturated heterocycles. The summed E-state index contributed by atoms with van der Waals surface area (Å²) < 4.78 is 34.2. The maximum Gasteiger partial charge on any atom is 0.303 e. The molecule has 210 valence electrons. The maximum atomic E-state index is 13.1. The van der Waals surface area contributed by atoms with Crippen LogP contribution < -0.4 is 4.74 Å². The summed E-state index contributed by atoms with van der Waals surface area (Å²) in [4.78, 5) is 14.0. The molecular weight excluding hydrogens is 510 g/mol. The van der Waals surface area contributed by atoms with Crippen molar-refractivity contribution in [3.05, 3.63) is 96.1 Å². The summed E-state index contributed by atoms with van der Waals surface area (Å²) in [6.07, 6.45) is 5.67. The van der Waals surface area contributed by atoms with Crippen LogP contribution in [0.25, 0.3) is 11.6 Å². The van der Waals surface area contributed by atoms with Crippen LogP contribution in [-0.4, -0.2) is 43.9 Å². The zero-order valence-corrected chi connectivity index (χ0v) is 23.3. The molecule has 3 aromatic rings. The lowest BCUT2D eigenvalue weighted by atomic mass is 9.89. The number of aromatic nitrogens is 3. The van der Waals surface area contributed by atoms with Crippen molar-refractivity contribution < 1.29 is 18.6 Å². The van der Waals surface area contributed by atoms with Crippen LogP contribution in [0.2, 0.25) is 0 Å². The normalized spacial score (nSPS) is 15.9. The summed E-state index contributed by atoms with van der Waals surface area (Å²) >= 11 is 0. The number of ether oxygens (including phenoxy) is 1. The zero-order chi connectivity index (χ0) is 28.9. The van der Waals surface area contributed by atoms with Crippen molar-refractivity contribution in [1.29, 1.82) is 0 Å². The third-order valence-electron chi connectivity index (χ3n) is 6.58. The summed E-state index contributed by atoms with van der Waals surface area (Å²) in [7, 11) is 0. The highest BCUT2D eigenvalue weighted by atomic mass is 19.3. The third-order valence-corrected chi connectivity index (χ3v) is 6.58. The lowest BCUT2D eigenvalue weighted by Crippen LogP contribution is -2.27. The molecule has 6 nitrogen and oxygen atoms in total. The molecule has 1 aliphatic heterocycles. The Labute approximate surface area is 234 Å². The Balaban J connectivity index is 1.65. The van der Waals surface area contributed by atoms with Crippen LogP contribution in [0.3, 0.4) is 0 Å². The molecule has 0 aliphatic carbocycles. The van der Waals surface area contributed by atoms with Crippen molar-refractivity contribution in [2.45, 2.75) is 58.6 Å². The molecule has 0 radical (unpaired) electrons. The van der Waals surface area contributed by atoms with Crippen molar-refractivity contribution in [1.82, 2.24) is 14.5 Å². The average molecular weight is 547 g/mol. The molecule has 0 spiro atoms. The molecule has 0 bridgehead atoms. The lowest BCUT2D eigenvalue weighted by Gasteiger charge is -2.22. The van der Waals surface area contributed by atoms with Gasteiger partial charge in [0.2, 0.25) is 6.43 Å². The van der Waals surface area contributed by atoms with E-state index in [-0.39, 0.29) is 18.9 Å². The number of benzene rings is 1. The molecule has 1 unspecified atom stereocenters. The number of rotatable bonds is 10. The molecule has 1 aromatic carbocycles. The fourth-order valence-corrected chi connectivity index (χ4v) is 4.92. The summed E-state index contributed by atoms with van der Waals surface area (Å²) in [6.45, 7) is 13.9. The fraction of sp³-hybridized carbons (Fsp3) is 0.344. The summed E-state index contributed by atoms with van der Waals surface area (Å²) in [5.74, 6) is 0.426. The molecule has 0 amide bonds. The fourth-order valence-electron chi connectivity index (χ4n) is 4.92. The van der Waals surface area contributed by atoms with Gasteiger partial charge in [0.15, 0.2) is 0 Å². The van der Waals surface area contributed by atoms with E-state index in [2.05, 4.69) is 23.1 Å². The third kappa shape index (κ3) is 7.18. The van der Waals surface area contributed by atoms with Crippen molar-refractivity contribution >= 4 is 17.4 Å². The average Bonchev–Trinajstić information content (AvgIpc) is 3.20. The number of hydrogen-bond acceptors (Lipinski definition) is 5. The Hall–Kier alpha value is -3.91. The van der Waals surface area contributed by atoms with Gasteiger partial charge < -0.3 is 9.84 Å². The van der Waals surface area contributed by atoms with E-state index in [0.29, 0.717) is 36.8 Å². The second-order valence-corrected chi connectivity index (χ2v) is 10.8. The smallest absolute Gasteiger partial charge is 0.303 e. The quantitative estimate of drug-likeness (QED) is 0.275. The number of fused-ring (bicyclic) bond motifs is 1. The number of pyridine rings is 1. The SMILES string of the molecule is C=CC=Cc1nc(Oc2ccc(C3=NCCC(CC(F)F)Cc4cccnc43)cc2)n(CC(C)(C)O)c1C(=C)C. The molecule has 0 saturated carbocycles. The van der Waals surface area contributed by atoms with E-state index in [0.717, 1.165) is 33.8 Å². The van der Waals surface area contributed by atoms with Gasteiger partial charge in [0, 0.05) is 24.7 Å². The van der Waals surface area contributed by atoms with E-state index in [1.165, 1.54) is 0 Å². The first-order valence-electron chi connectivity index (χ1n) is 13.4. The van der Waals surface area contributed by atoms with Crippen LogP contribution in [0.5, 0.6) is 11.8 Å². The standard InChI is InChI=1S/C32H36F2N4O2/c1-6-7-10-26-30(21(2)3)38(20-32(4,5)39)31(37-26)40-25-13-11-23(12-14-25)28-29-24(9-8-16-35-29)18-22(15-17-36-28)19-27(33)34/h6-14,16,22,27,39H,1-2,15,17-20H2,3-5H3. The van der Waals surface area contributed by atoms with Gasteiger partial charge in [-0.2, -0.15) is 4.98 Å². The van der Waals surface area contributed by atoms with Crippen LogP contribution in [0.15, 0.2) is 72.9 Å². The van der Waals surface area contributed by atoms with Gasteiger partial charge in [-0.3, -0.25) is 14.5 Å². The second-order valence-electron chi connectivity index (χ2n) is 10.8. The topological polar surface area (TPSA) is 72.5 Å². The van der Waals surface area contributed by atoms with E-state index >= 15 is 0 Å². The van der Waals surface area contributed by atoms with Crippen LogP contribution in [0.1, 0.15) is 61.8 Å². The molecule has 2 aromatic heterocycles. The molecule has 8 heteroatoms. The van der Waals surface area contributed by atoms with Gasteiger partial charge in [-0.25, -0.2) is 8.78 Å². The molecule has 3 heterocycles. The minimum Gasteiger partial charge on any atom is -0.425 e. The van der Waals surface area contributed by atoms with Crippen LogP contribution in [0.4, 0.5) is 8.78 Å². The Morgan fingerprint density at radius 3 is 2.65 bits per heavy atom. The Morgan fingerprint density at radius 2 is 2.00 bits per heavy atom. The van der Waals surface area contributed by atoms with Crippen molar-refractivity contribution in [2.24, 2.45) is 10.9 Å². The Kier molecular flexibility index (Phi) is 9.10. The van der Waals surface area contributed by atoms with E-state index in [1.54, 1.807) is 32.2 Å². The highest BCUT2D eigenvalue weighted by molar-refractivity contribution is 6.12. The summed E-state index contributed by atoms with van der Waals surface area (Å²) in [5.41, 5.74) is 4.45. The van der Waals surface area contributed by atoms with Crippen LogP contribution >= 0.6 is 0 Å². The lowest BCUT2D eigenvalue weighted by molar-refractivity contribution is 0.0591.